The lowest BCUT2D eigenvalue weighted by atomic mass is 10.0. The van der Waals surface area contributed by atoms with Crippen LogP contribution >= 0.6 is 28.3 Å². The Morgan fingerprint density at radius 3 is 1.70 bits per heavy atom. The molecule has 1 aromatic heterocycles. The van der Waals surface area contributed by atoms with Crippen LogP contribution < -0.4 is 21.5 Å². The van der Waals surface area contributed by atoms with Gasteiger partial charge < -0.3 is 17.0 Å². The predicted molar refractivity (Wildman–Crippen MR) is 85.2 cm³/mol. The Labute approximate surface area is 143 Å². The molecule has 2 aromatic carbocycles. The molecule has 0 radical (unpaired) electrons. The fourth-order valence-electron chi connectivity index (χ4n) is 2.35. The maximum atomic E-state index is 9.37. The summed E-state index contributed by atoms with van der Waals surface area (Å²) in [5.41, 5.74) is 2.93. The number of hydrogen-bond acceptors (Lipinski definition) is 1. The second-order valence-corrected chi connectivity index (χ2v) is 4.08. The number of aromatic nitrogens is 1. The third-order valence-corrected chi connectivity index (χ3v) is 3.18. The highest BCUT2D eigenvalue weighted by Crippen LogP contribution is 2.23. The molecule has 2 nitrogen and oxygen atoms in total. The molecule has 3 rings (SSSR count). The summed E-state index contributed by atoms with van der Waals surface area (Å²) in [6.45, 7) is 0. The van der Waals surface area contributed by atoms with E-state index in [1.807, 2.05) is 55.6 Å². The van der Waals surface area contributed by atoms with Crippen molar-refractivity contribution >= 4 is 50.1 Å². The van der Waals surface area contributed by atoms with E-state index < -0.39 is 0 Å². The van der Waals surface area contributed by atoms with Crippen LogP contribution in [-0.2, 0) is 7.05 Å². The van der Waals surface area contributed by atoms with Crippen LogP contribution in [0.2, 0.25) is 0 Å². The third-order valence-electron chi connectivity index (χ3n) is 3.18. The minimum absolute atomic E-state index is 0. The lowest BCUT2D eigenvalue weighted by molar-refractivity contribution is -0.617. The molecule has 0 saturated carbocycles. The van der Waals surface area contributed by atoms with Crippen molar-refractivity contribution in [2.24, 2.45) is 7.05 Å². The number of nitrogens with zero attached hydrogens (tertiary/aromatic N) is 2. The Hall–Kier alpha value is -0.960. The van der Waals surface area contributed by atoms with Crippen LogP contribution in [0.1, 0.15) is 5.56 Å². The van der Waals surface area contributed by atoms with Gasteiger partial charge in [0.1, 0.15) is 13.1 Å². The van der Waals surface area contributed by atoms with E-state index in [4.69, 9.17) is 0 Å². The fraction of sp³-hybridized carbons (Fsp3) is 0.0667. The Kier molecular flexibility index (Phi) is 6.60. The van der Waals surface area contributed by atoms with Crippen LogP contribution in [0.3, 0.4) is 0 Å². The number of para-hydroxylation sites is 2. The molecule has 102 valence electrons. The zero-order valence-electron chi connectivity index (χ0n) is 10.6. The lowest BCUT2D eigenvalue weighted by Gasteiger charge is -2.04. The molecule has 0 atom stereocenters. The van der Waals surface area contributed by atoms with Gasteiger partial charge in [0.15, 0.2) is 0 Å². The second kappa shape index (κ2) is 7.72. The van der Waals surface area contributed by atoms with E-state index in [-0.39, 0.29) is 17.0 Å². The minimum Gasteiger partial charge on any atom is -1.00 e. The number of rotatable bonds is 0. The Balaban J connectivity index is 0.000000639. The van der Waals surface area contributed by atoms with E-state index in [1.54, 1.807) is 0 Å². The number of benzene rings is 2. The first kappa shape index (κ1) is 17.1. The highest BCUT2D eigenvalue weighted by molar-refractivity contribution is 9.93. The molecule has 20 heavy (non-hydrogen) atoms. The van der Waals surface area contributed by atoms with Gasteiger partial charge in [-0.15, -0.1) is 0 Å². The number of pyridine rings is 1. The Morgan fingerprint density at radius 1 is 0.900 bits per heavy atom. The van der Waals surface area contributed by atoms with Gasteiger partial charge in [-0.25, -0.2) is 0 Å². The van der Waals surface area contributed by atoms with Crippen LogP contribution in [0.15, 0.2) is 48.5 Å². The van der Waals surface area contributed by atoms with Crippen molar-refractivity contribution in [1.29, 1.82) is 5.26 Å². The number of nitriles is 1. The normalized spacial score (nSPS) is 9.30. The monoisotopic (exact) mass is 456 g/mol. The van der Waals surface area contributed by atoms with Crippen molar-refractivity contribution in [3.05, 3.63) is 54.1 Å². The average Bonchev–Trinajstić information content (AvgIpc) is 2.50. The van der Waals surface area contributed by atoms with Crippen molar-refractivity contribution in [1.82, 2.24) is 0 Å². The van der Waals surface area contributed by atoms with E-state index in [1.165, 1.54) is 0 Å². The summed E-state index contributed by atoms with van der Waals surface area (Å²) in [4.78, 5) is 0. The minimum atomic E-state index is 0. The van der Waals surface area contributed by atoms with Crippen LogP contribution in [0.25, 0.3) is 21.8 Å². The first-order valence-corrected chi connectivity index (χ1v) is 9.38. The second-order valence-electron chi connectivity index (χ2n) is 4.08. The third kappa shape index (κ3) is 2.88. The zero-order chi connectivity index (χ0) is 13.8. The van der Waals surface area contributed by atoms with Gasteiger partial charge in [0.2, 0.25) is 11.0 Å². The first-order valence-electron chi connectivity index (χ1n) is 5.67. The molecule has 0 aliphatic carbocycles. The van der Waals surface area contributed by atoms with E-state index in [0.717, 1.165) is 27.4 Å². The predicted octanol–water partition coefficient (Wildman–Crippen LogP) is 1.38. The summed E-state index contributed by atoms with van der Waals surface area (Å²) in [6, 6.07) is 18.4. The zero-order valence-corrected chi connectivity index (χ0v) is 15.4. The maximum absolute atomic E-state index is 9.37. The van der Waals surface area contributed by atoms with Crippen LogP contribution in [-0.4, -0.2) is 0 Å². The molecule has 5 heteroatoms. The van der Waals surface area contributed by atoms with Crippen molar-refractivity contribution in [2.75, 3.05) is 0 Å². The summed E-state index contributed by atoms with van der Waals surface area (Å²) in [5, 5.41) is 11.4. The molecule has 0 aliphatic rings. The molecule has 0 spiro atoms. The summed E-state index contributed by atoms with van der Waals surface area (Å²) in [6.07, 6.45) is 0. The van der Waals surface area contributed by atoms with Crippen molar-refractivity contribution < 1.29 is 21.5 Å². The van der Waals surface area contributed by atoms with Gasteiger partial charge in [0.25, 0.3) is 0 Å². The molecule has 0 bridgehead atoms. The molecule has 0 amide bonds. The highest BCUT2D eigenvalue weighted by Gasteiger charge is 2.16. The number of aryl methyl sites for hydroxylation is 1. The summed E-state index contributed by atoms with van der Waals surface area (Å²) >= 11 is 5.50. The van der Waals surface area contributed by atoms with Crippen LogP contribution in [0, 0.1) is 11.3 Å². The largest absolute Gasteiger partial charge is 1.00 e. The molecule has 0 N–H and O–H groups in total. The average molecular weight is 459 g/mol. The SMILES string of the molecule is BrBr.C[n+]1c2ccccc2c(C#N)c2ccccc21.[Br-]. The fourth-order valence-corrected chi connectivity index (χ4v) is 2.35. The lowest BCUT2D eigenvalue weighted by Crippen LogP contribution is -3.00. The Morgan fingerprint density at radius 2 is 1.30 bits per heavy atom. The van der Waals surface area contributed by atoms with E-state index in [9.17, 15) is 5.26 Å². The van der Waals surface area contributed by atoms with Crippen molar-refractivity contribution in [3.63, 3.8) is 0 Å². The molecule has 0 saturated heterocycles. The molecule has 0 unspecified atom stereocenters. The van der Waals surface area contributed by atoms with Gasteiger partial charge in [-0.3, -0.25) is 0 Å². The maximum Gasteiger partial charge on any atom is 0.214 e. The van der Waals surface area contributed by atoms with Gasteiger partial charge in [-0.2, -0.15) is 9.83 Å². The molecular formula is C15H11Br3N2. The van der Waals surface area contributed by atoms with E-state index in [2.05, 4.69) is 38.9 Å². The van der Waals surface area contributed by atoms with Gasteiger partial charge in [0.05, 0.1) is 16.3 Å². The van der Waals surface area contributed by atoms with E-state index >= 15 is 0 Å². The number of halogens is 3. The van der Waals surface area contributed by atoms with Crippen LogP contribution in [0.4, 0.5) is 0 Å². The summed E-state index contributed by atoms with van der Waals surface area (Å²) in [5.74, 6) is 0. The van der Waals surface area contributed by atoms with Gasteiger partial charge >= 0.3 is 0 Å². The van der Waals surface area contributed by atoms with Gasteiger partial charge in [-0.1, -0.05) is 24.3 Å². The van der Waals surface area contributed by atoms with Crippen molar-refractivity contribution in [3.8, 4) is 6.07 Å². The molecular weight excluding hydrogens is 448 g/mol. The highest BCUT2D eigenvalue weighted by atomic mass is 80.9. The molecule has 1 heterocycles. The molecule has 0 fully saturated rings. The van der Waals surface area contributed by atoms with Crippen LogP contribution in [0.5, 0.6) is 0 Å². The molecule has 3 aromatic rings. The molecule has 0 aliphatic heterocycles. The van der Waals surface area contributed by atoms with Gasteiger partial charge in [0, 0.05) is 40.4 Å². The van der Waals surface area contributed by atoms with E-state index in [0.29, 0.717) is 0 Å². The summed E-state index contributed by atoms with van der Waals surface area (Å²) in [7, 11) is 2.03. The first-order chi connectivity index (χ1) is 9.33. The number of fused-ring (bicyclic) bond motifs is 2. The van der Waals surface area contributed by atoms with Gasteiger partial charge in [-0.05, 0) is 12.1 Å². The Bertz CT molecular complexity index is 722. The smallest absolute Gasteiger partial charge is 0.214 e. The topological polar surface area (TPSA) is 27.7 Å². The quantitative estimate of drug-likeness (QED) is 0.369. The van der Waals surface area contributed by atoms with Crippen molar-refractivity contribution in [2.45, 2.75) is 0 Å². The standard InChI is InChI=1S/C15H11N2.Br2.BrH/c1-17-14-8-4-2-6-11(14)13(10-16)12-7-3-5-9-15(12)17;1-2;/h2-9H,1H3;;1H/q+1;;/p-1. The number of hydrogen-bond donors (Lipinski definition) is 0. The summed E-state index contributed by atoms with van der Waals surface area (Å²) < 4.78 is 2.13.